The average molecular weight is 242 g/mol. The Labute approximate surface area is 101 Å². The molecule has 2 rings (SSSR count). The van der Waals surface area contributed by atoms with E-state index in [1.54, 1.807) is 6.08 Å². The van der Waals surface area contributed by atoms with Crippen LogP contribution in [0, 0.1) is 11.8 Å². The second-order valence-electron chi connectivity index (χ2n) is 5.15. The molecule has 1 saturated heterocycles. The van der Waals surface area contributed by atoms with Crippen LogP contribution in [0.25, 0.3) is 0 Å². The smallest absolute Gasteiger partial charge is 0.129 e. The molecule has 0 radical (unpaired) electrons. The molecule has 0 aromatic heterocycles. The summed E-state index contributed by atoms with van der Waals surface area (Å²) in [4.78, 5) is 2.26. The van der Waals surface area contributed by atoms with Gasteiger partial charge in [0.2, 0.25) is 0 Å². The largest absolute Gasteiger partial charge is 0.327 e. The van der Waals surface area contributed by atoms with E-state index >= 15 is 0 Å². The SMILES string of the molecule is CN1CCC(C(N)C2C=CC(F)=CC2F)CC1. The molecular weight excluding hydrogens is 222 g/mol. The highest BCUT2D eigenvalue weighted by atomic mass is 19.1. The molecule has 0 bridgehead atoms. The minimum Gasteiger partial charge on any atom is -0.327 e. The van der Waals surface area contributed by atoms with E-state index in [4.69, 9.17) is 5.73 Å². The van der Waals surface area contributed by atoms with Crippen molar-refractivity contribution >= 4 is 0 Å². The van der Waals surface area contributed by atoms with Gasteiger partial charge in [0.15, 0.2) is 0 Å². The second kappa shape index (κ2) is 5.27. The first-order chi connectivity index (χ1) is 8.08. The minimum atomic E-state index is -1.28. The fourth-order valence-corrected chi connectivity index (χ4v) is 2.70. The molecule has 2 aliphatic rings. The molecule has 0 aromatic carbocycles. The molecule has 0 aromatic rings. The van der Waals surface area contributed by atoms with Gasteiger partial charge in [0.25, 0.3) is 0 Å². The maximum absolute atomic E-state index is 13.7. The molecule has 96 valence electrons. The number of likely N-dealkylation sites (tertiary alicyclic amines) is 1. The number of nitrogens with two attached hydrogens (primary N) is 1. The van der Waals surface area contributed by atoms with Crippen molar-refractivity contribution < 1.29 is 8.78 Å². The molecule has 2 nitrogen and oxygen atoms in total. The highest BCUT2D eigenvalue weighted by molar-refractivity contribution is 5.22. The van der Waals surface area contributed by atoms with E-state index in [0.29, 0.717) is 5.92 Å². The first-order valence-electron chi connectivity index (χ1n) is 6.21. The fourth-order valence-electron chi connectivity index (χ4n) is 2.70. The molecule has 1 aliphatic heterocycles. The van der Waals surface area contributed by atoms with Crippen LogP contribution in [0.2, 0.25) is 0 Å². The Hall–Kier alpha value is -0.740. The van der Waals surface area contributed by atoms with Crippen LogP contribution in [0.15, 0.2) is 24.1 Å². The second-order valence-corrected chi connectivity index (χ2v) is 5.15. The first-order valence-corrected chi connectivity index (χ1v) is 6.21. The lowest BCUT2D eigenvalue weighted by Gasteiger charge is -2.36. The zero-order chi connectivity index (χ0) is 12.4. The number of piperidine rings is 1. The molecule has 4 heteroatoms. The van der Waals surface area contributed by atoms with Gasteiger partial charge in [-0.15, -0.1) is 0 Å². The van der Waals surface area contributed by atoms with Crippen LogP contribution in [0.3, 0.4) is 0 Å². The van der Waals surface area contributed by atoms with E-state index in [2.05, 4.69) is 11.9 Å². The summed E-state index contributed by atoms with van der Waals surface area (Å²) in [5.74, 6) is -0.527. The molecule has 3 unspecified atom stereocenters. The quantitative estimate of drug-likeness (QED) is 0.803. The van der Waals surface area contributed by atoms with Gasteiger partial charge < -0.3 is 10.6 Å². The molecule has 1 fully saturated rings. The number of nitrogens with zero attached hydrogens (tertiary/aromatic N) is 1. The lowest BCUT2D eigenvalue weighted by molar-refractivity contribution is 0.160. The molecular formula is C13H20F2N2. The third-order valence-electron chi connectivity index (χ3n) is 3.92. The lowest BCUT2D eigenvalue weighted by Crippen LogP contribution is -2.45. The molecule has 3 atom stereocenters. The summed E-state index contributed by atoms with van der Waals surface area (Å²) in [6.45, 7) is 2.02. The highest BCUT2D eigenvalue weighted by Crippen LogP contribution is 2.30. The van der Waals surface area contributed by atoms with Gasteiger partial charge in [0.1, 0.15) is 12.0 Å². The number of allylic oxidation sites excluding steroid dienone is 3. The van der Waals surface area contributed by atoms with Crippen LogP contribution >= 0.6 is 0 Å². The summed E-state index contributed by atoms with van der Waals surface area (Å²) < 4.78 is 26.6. The van der Waals surface area contributed by atoms with Gasteiger partial charge in [0, 0.05) is 12.0 Å². The zero-order valence-corrected chi connectivity index (χ0v) is 10.2. The molecule has 1 aliphatic carbocycles. The predicted molar refractivity (Wildman–Crippen MR) is 64.9 cm³/mol. The van der Waals surface area contributed by atoms with Crippen LogP contribution < -0.4 is 5.73 Å². The molecule has 17 heavy (non-hydrogen) atoms. The summed E-state index contributed by atoms with van der Waals surface area (Å²) in [5, 5.41) is 0. The van der Waals surface area contributed by atoms with Crippen molar-refractivity contribution in [3.63, 3.8) is 0 Å². The van der Waals surface area contributed by atoms with E-state index in [1.165, 1.54) is 6.08 Å². The van der Waals surface area contributed by atoms with Gasteiger partial charge in [-0.05, 0) is 51.0 Å². The average Bonchev–Trinajstić information content (AvgIpc) is 2.29. The van der Waals surface area contributed by atoms with Crippen molar-refractivity contribution in [1.29, 1.82) is 0 Å². The van der Waals surface area contributed by atoms with E-state index in [-0.39, 0.29) is 12.0 Å². The van der Waals surface area contributed by atoms with E-state index in [9.17, 15) is 8.78 Å². The Morgan fingerprint density at radius 1 is 1.41 bits per heavy atom. The van der Waals surface area contributed by atoms with Gasteiger partial charge in [-0.1, -0.05) is 6.08 Å². The van der Waals surface area contributed by atoms with E-state index in [0.717, 1.165) is 32.0 Å². The van der Waals surface area contributed by atoms with E-state index in [1.807, 2.05) is 0 Å². The summed E-state index contributed by atoms with van der Waals surface area (Å²) in [5.41, 5.74) is 6.14. The summed E-state index contributed by atoms with van der Waals surface area (Å²) in [7, 11) is 2.08. The fraction of sp³-hybridized carbons (Fsp3) is 0.692. The molecule has 0 saturated carbocycles. The molecule has 0 spiro atoms. The van der Waals surface area contributed by atoms with E-state index < -0.39 is 12.0 Å². The minimum absolute atomic E-state index is 0.209. The summed E-state index contributed by atoms with van der Waals surface area (Å²) >= 11 is 0. The summed E-state index contributed by atoms with van der Waals surface area (Å²) in [6.07, 6.45) is 4.66. The maximum atomic E-state index is 13.7. The third-order valence-corrected chi connectivity index (χ3v) is 3.92. The summed E-state index contributed by atoms with van der Waals surface area (Å²) in [6, 6.07) is -0.209. The predicted octanol–water partition coefficient (Wildman–Crippen LogP) is 2.03. The Balaban J connectivity index is 1.96. The maximum Gasteiger partial charge on any atom is 0.129 e. The van der Waals surface area contributed by atoms with Crippen molar-refractivity contribution in [2.75, 3.05) is 20.1 Å². The van der Waals surface area contributed by atoms with Gasteiger partial charge in [-0.3, -0.25) is 0 Å². The van der Waals surface area contributed by atoms with Crippen molar-refractivity contribution in [2.24, 2.45) is 17.6 Å². The highest BCUT2D eigenvalue weighted by Gasteiger charge is 2.33. The Bertz CT molecular complexity index is 319. The molecule has 0 amide bonds. The Kier molecular flexibility index (Phi) is 3.94. The lowest BCUT2D eigenvalue weighted by atomic mass is 9.79. The number of halogens is 2. The van der Waals surface area contributed by atoms with Crippen molar-refractivity contribution in [1.82, 2.24) is 4.90 Å². The number of hydrogen-bond donors (Lipinski definition) is 1. The van der Waals surface area contributed by atoms with Crippen molar-refractivity contribution in [3.8, 4) is 0 Å². The monoisotopic (exact) mass is 242 g/mol. The Morgan fingerprint density at radius 3 is 2.65 bits per heavy atom. The molecule has 2 N–H and O–H groups in total. The van der Waals surface area contributed by atoms with Crippen LogP contribution in [0.5, 0.6) is 0 Å². The number of hydrogen-bond acceptors (Lipinski definition) is 2. The topological polar surface area (TPSA) is 29.3 Å². The third kappa shape index (κ3) is 2.93. The van der Waals surface area contributed by atoms with Gasteiger partial charge in [0.05, 0.1) is 0 Å². The zero-order valence-electron chi connectivity index (χ0n) is 10.2. The van der Waals surface area contributed by atoms with Crippen LogP contribution in [0.4, 0.5) is 8.78 Å². The van der Waals surface area contributed by atoms with Gasteiger partial charge in [-0.25, -0.2) is 8.78 Å². The van der Waals surface area contributed by atoms with Crippen molar-refractivity contribution in [2.45, 2.75) is 25.1 Å². The molecule has 1 heterocycles. The van der Waals surface area contributed by atoms with Crippen LogP contribution in [-0.4, -0.2) is 37.3 Å². The first kappa shape index (κ1) is 12.7. The van der Waals surface area contributed by atoms with Crippen LogP contribution in [-0.2, 0) is 0 Å². The van der Waals surface area contributed by atoms with Crippen LogP contribution in [0.1, 0.15) is 12.8 Å². The normalized spacial score (nSPS) is 33.5. The van der Waals surface area contributed by atoms with Crippen molar-refractivity contribution in [3.05, 3.63) is 24.1 Å². The standard InChI is InChI=1S/C13H20F2N2/c1-17-6-4-9(5-7-17)13(16)11-3-2-10(14)8-12(11)15/h2-3,8-9,11-13H,4-7,16H2,1H3. The van der Waals surface area contributed by atoms with Gasteiger partial charge in [-0.2, -0.15) is 0 Å². The Morgan fingerprint density at radius 2 is 2.06 bits per heavy atom. The number of alkyl halides is 1. The number of rotatable bonds is 2. The van der Waals surface area contributed by atoms with Gasteiger partial charge >= 0.3 is 0 Å².